The molecular weight excluding hydrogens is 386 g/mol. The van der Waals surface area contributed by atoms with Crippen molar-refractivity contribution in [2.75, 3.05) is 5.32 Å². The van der Waals surface area contributed by atoms with Crippen molar-refractivity contribution >= 4 is 11.6 Å². The van der Waals surface area contributed by atoms with E-state index in [1.807, 2.05) is 37.3 Å². The van der Waals surface area contributed by atoms with Gasteiger partial charge in [-0.1, -0.05) is 56.3 Å². The standard InChI is InChI=1S/C26H27N3O2/c1-16-22-23(18-9-11-19(12-10-18)31-15-17-7-5-4-6-8-17)24-20(27-25(22)29-28-16)13-26(2,3)14-21(24)30/h4-12,23H,13-15H2,1-3H3,(H2,27,28,29)/t23-/m1/s1. The largest absolute Gasteiger partial charge is 0.489 e. The molecule has 31 heavy (non-hydrogen) atoms. The molecule has 1 aromatic heterocycles. The minimum absolute atomic E-state index is 0.0501. The van der Waals surface area contributed by atoms with Crippen molar-refractivity contribution in [1.82, 2.24) is 10.2 Å². The van der Waals surface area contributed by atoms with Crippen molar-refractivity contribution in [3.05, 3.63) is 88.3 Å². The molecule has 1 aliphatic heterocycles. The van der Waals surface area contributed by atoms with Crippen molar-refractivity contribution in [3.8, 4) is 5.75 Å². The summed E-state index contributed by atoms with van der Waals surface area (Å²) in [6.07, 6.45) is 1.41. The van der Waals surface area contributed by atoms with E-state index in [0.29, 0.717) is 13.0 Å². The summed E-state index contributed by atoms with van der Waals surface area (Å²) in [5.74, 6) is 1.75. The number of aryl methyl sites for hydroxylation is 1. The molecule has 2 aromatic carbocycles. The molecular formula is C26H27N3O2. The lowest BCUT2D eigenvalue weighted by Gasteiger charge is -2.38. The van der Waals surface area contributed by atoms with Gasteiger partial charge in [0.1, 0.15) is 12.4 Å². The fourth-order valence-electron chi connectivity index (χ4n) is 4.79. The van der Waals surface area contributed by atoms with Crippen LogP contribution in [0.4, 0.5) is 5.82 Å². The first-order valence-electron chi connectivity index (χ1n) is 10.8. The molecule has 1 atom stereocenters. The van der Waals surface area contributed by atoms with E-state index in [1.165, 1.54) is 0 Å². The molecule has 0 fully saturated rings. The molecule has 0 saturated heterocycles. The number of Topliss-reactive ketones (excluding diaryl/α,β-unsaturated/α-hetero) is 1. The van der Waals surface area contributed by atoms with Crippen LogP contribution in [0.3, 0.4) is 0 Å². The highest BCUT2D eigenvalue weighted by molar-refractivity contribution is 6.01. The number of aromatic amines is 1. The van der Waals surface area contributed by atoms with Crippen molar-refractivity contribution in [2.24, 2.45) is 5.41 Å². The molecule has 0 amide bonds. The number of rotatable bonds is 4. The third-order valence-electron chi connectivity index (χ3n) is 6.22. The Morgan fingerprint density at radius 1 is 1.06 bits per heavy atom. The zero-order chi connectivity index (χ0) is 21.6. The molecule has 0 radical (unpaired) electrons. The Morgan fingerprint density at radius 3 is 2.55 bits per heavy atom. The van der Waals surface area contributed by atoms with Crippen molar-refractivity contribution in [3.63, 3.8) is 0 Å². The number of hydrogen-bond acceptors (Lipinski definition) is 4. The maximum Gasteiger partial charge on any atom is 0.162 e. The second kappa shape index (κ2) is 7.41. The molecule has 0 spiro atoms. The number of nitrogens with zero attached hydrogens (tertiary/aromatic N) is 1. The first-order chi connectivity index (χ1) is 14.9. The average Bonchev–Trinajstić information content (AvgIpc) is 3.11. The number of hydrogen-bond donors (Lipinski definition) is 2. The number of H-pyrrole nitrogens is 1. The van der Waals surface area contributed by atoms with E-state index in [2.05, 4.69) is 53.6 Å². The highest BCUT2D eigenvalue weighted by Crippen LogP contribution is 2.49. The number of carbonyl (C=O) groups is 1. The summed E-state index contributed by atoms with van der Waals surface area (Å²) in [7, 11) is 0. The van der Waals surface area contributed by atoms with Crippen LogP contribution in [-0.2, 0) is 11.4 Å². The topological polar surface area (TPSA) is 67.0 Å². The highest BCUT2D eigenvalue weighted by Gasteiger charge is 2.42. The van der Waals surface area contributed by atoms with E-state index in [0.717, 1.165) is 51.6 Å². The van der Waals surface area contributed by atoms with E-state index >= 15 is 0 Å². The van der Waals surface area contributed by atoms with Crippen LogP contribution in [0.1, 0.15) is 55.0 Å². The van der Waals surface area contributed by atoms with Crippen LogP contribution in [0.15, 0.2) is 65.9 Å². The number of benzene rings is 2. The first kappa shape index (κ1) is 19.6. The van der Waals surface area contributed by atoms with Crippen LogP contribution in [0.2, 0.25) is 0 Å². The Kier molecular flexibility index (Phi) is 4.69. The van der Waals surface area contributed by atoms with E-state index < -0.39 is 0 Å². The number of ketones is 1. The fraction of sp³-hybridized carbons (Fsp3) is 0.308. The first-order valence-corrected chi connectivity index (χ1v) is 10.8. The van der Waals surface area contributed by atoms with E-state index in [4.69, 9.17) is 4.74 Å². The van der Waals surface area contributed by atoms with E-state index in [9.17, 15) is 4.79 Å². The molecule has 2 heterocycles. The number of ether oxygens (including phenoxy) is 1. The average molecular weight is 414 g/mol. The predicted octanol–water partition coefficient (Wildman–Crippen LogP) is 5.50. The SMILES string of the molecule is Cc1[nH]nc2c1[C@@H](c1ccc(OCc3ccccc3)cc1)C1=C(CC(C)(C)CC1=O)N2. The number of carbonyl (C=O) groups excluding carboxylic acids is 1. The Bertz CT molecular complexity index is 1160. The normalized spacial score (nSPS) is 19.5. The van der Waals surface area contributed by atoms with Gasteiger partial charge in [0.2, 0.25) is 0 Å². The summed E-state index contributed by atoms with van der Waals surface area (Å²) in [5.41, 5.74) is 6.11. The monoisotopic (exact) mass is 413 g/mol. The summed E-state index contributed by atoms with van der Waals surface area (Å²) in [6.45, 7) is 6.84. The smallest absolute Gasteiger partial charge is 0.162 e. The van der Waals surface area contributed by atoms with E-state index in [-0.39, 0.29) is 17.1 Å². The zero-order valence-electron chi connectivity index (χ0n) is 18.2. The molecule has 5 heteroatoms. The Hall–Kier alpha value is -3.34. The van der Waals surface area contributed by atoms with Crippen LogP contribution in [0.25, 0.3) is 0 Å². The maximum atomic E-state index is 13.2. The number of anilines is 1. The van der Waals surface area contributed by atoms with Crippen molar-refractivity contribution < 1.29 is 9.53 Å². The van der Waals surface area contributed by atoms with Gasteiger partial charge in [0.15, 0.2) is 11.6 Å². The maximum absolute atomic E-state index is 13.2. The third-order valence-corrected chi connectivity index (χ3v) is 6.22. The van der Waals surface area contributed by atoms with E-state index in [1.54, 1.807) is 0 Å². The summed E-state index contributed by atoms with van der Waals surface area (Å²) in [6, 6.07) is 18.3. The second-order valence-corrected chi connectivity index (χ2v) is 9.35. The molecule has 5 nitrogen and oxygen atoms in total. The lowest BCUT2D eigenvalue weighted by molar-refractivity contribution is -0.118. The van der Waals surface area contributed by atoms with Gasteiger partial charge in [-0.15, -0.1) is 0 Å². The van der Waals surface area contributed by atoms with Gasteiger partial charge < -0.3 is 10.1 Å². The Balaban J connectivity index is 1.48. The third kappa shape index (κ3) is 3.65. The fourth-order valence-corrected chi connectivity index (χ4v) is 4.79. The van der Waals surface area contributed by atoms with Gasteiger partial charge in [-0.25, -0.2) is 0 Å². The van der Waals surface area contributed by atoms with Gasteiger partial charge >= 0.3 is 0 Å². The highest BCUT2D eigenvalue weighted by atomic mass is 16.5. The van der Waals surface area contributed by atoms with Crippen LogP contribution < -0.4 is 10.1 Å². The van der Waals surface area contributed by atoms with Gasteiger partial charge in [0.25, 0.3) is 0 Å². The van der Waals surface area contributed by atoms with Crippen LogP contribution in [0, 0.1) is 12.3 Å². The molecule has 2 aliphatic rings. The summed E-state index contributed by atoms with van der Waals surface area (Å²) in [5, 5.41) is 11.0. The Morgan fingerprint density at radius 2 is 1.81 bits per heavy atom. The lowest BCUT2D eigenvalue weighted by Crippen LogP contribution is -2.33. The molecule has 2 N–H and O–H groups in total. The summed E-state index contributed by atoms with van der Waals surface area (Å²) >= 11 is 0. The van der Waals surface area contributed by atoms with Gasteiger partial charge in [0.05, 0.1) is 0 Å². The van der Waals surface area contributed by atoms with Crippen molar-refractivity contribution in [1.29, 1.82) is 0 Å². The molecule has 0 bridgehead atoms. The van der Waals surface area contributed by atoms with Gasteiger partial charge in [-0.05, 0) is 42.0 Å². The van der Waals surface area contributed by atoms with Crippen LogP contribution in [0.5, 0.6) is 5.75 Å². The second-order valence-electron chi connectivity index (χ2n) is 9.35. The van der Waals surface area contributed by atoms with Crippen LogP contribution >= 0.6 is 0 Å². The minimum atomic E-state index is -0.114. The van der Waals surface area contributed by atoms with Crippen molar-refractivity contribution in [2.45, 2.75) is 46.1 Å². The summed E-state index contributed by atoms with van der Waals surface area (Å²) < 4.78 is 5.96. The number of allylic oxidation sites excluding steroid dienone is 2. The summed E-state index contributed by atoms with van der Waals surface area (Å²) in [4.78, 5) is 13.2. The molecule has 3 aromatic rings. The molecule has 0 saturated carbocycles. The number of nitrogens with one attached hydrogen (secondary N) is 2. The van der Waals surface area contributed by atoms with Gasteiger partial charge in [-0.3, -0.25) is 9.89 Å². The number of fused-ring (bicyclic) bond motifs is 1. The zero-order valence-corrected chi connectivity index (χ0v) is 18.2. The molecule has 0 unspecified atom stereocenters. The number of aromatic nitrogens is 2. The minimum Gasteiger partial charge on any atom is -0.489 e. The quantitative estimate of drug-likeness (QED) is 0.593. The van der Waals surface area contributed by atoms with Crippen LogP contribution in [-0.4, -0.2) is 16.0 Å². The van der Waals surface area contributed by atoms with Gasteiger partial charge in [0, 0.05) is 34.9 Å². The Labute approximate surface area is 182 Å². The van der Waals surface area contributed by atoms with Gasteiger partial charge in [-0.2, -0.15) is 5.10 Å². The molecule has 158 valence electrons. The molecule has 5 rings (SSSR count). The predicted molar refractivity (Wildman–Crippen MR) is 121 cm³/mol. The lowest BCUT2D eigenvalue weighted by atomic mass is 9.69. The molecule has 1 aliphatic carbocycles.